The molecule has 0 bridgehead atoms. The molecule has 1 saturated heterocycles. The van der Waals surface area contributed by atoms with Crippen molar-refractivity contribution in [2.45, 2.75) is 13.3 Å². The molecular formula is C11H19NO4. The predicted molar refractivity (Wildman–Crippen MR) is 57.7 cm³/mol. The van der Waals surface area contributed by atoms with E-state index >= 15 is 0 Å². The van der Waals surface area contributed by atoms with Gasteiger partial charge in [0, 0.05) is 19.6 Å². The van der Waals surface area contributed by atoms with Gasteiger partial charge in [-0.3, -0.25) is 9.59 Å². The maximum absolute atomic E-state index is 11.4. The minimum atomic E-state index is -0.214. The van der Waals surface area contributed by atoms with Crippen molar-refractivity contribution in [2.24, 2.45) is 11.8 Å². The van der Waals surface area contributed by atoms with E-state index < -0.39 is 0 Å². The van der Waals surface area contributed by atoms with Gasteiger partial charge in [-0.2, -0.15) is 0 Å². The van der Waals surface area contributed by atoms with Crippen LogP contribution in [0.15, 0.2) is 0 Å². The van der Waals surface area contributed by atoms with Crippen molar-refractivity contribution >= 4 is 11.9 Å². The van der Waals surface area contributed by atoms with Gasteiger partial charge in [0.15, 0.2) is 0 Å². The maximum atomic E-state index is 11.4. The highest BCUT2D eigenvalue weighted by Crippen LogP contribution is 2.23. The Morgan fingerprint density at radius 3 is 2.50 bits per heavy atom. The molecule has 1 fully saturated rings. The third kappa shape index (κ3) is 3.20. The molecule has 0 aromatic heterocycles. The van der Waals surface area contributed by atoms with E-state index in [1.807, 2.05) is 6.92 Å². The highest BCUT2D eigenvalue weighted by molar-refractivity contribution is 5.73. The molecule has 0 aromatic carbocycles. The van der Waals surface area contributed by atoms with E-state index in [1.165, 1.54) is 14.2 Å². The second kappa shape index (κ2) is 5.84. The number of likely N-dealkylation sites (tertiary alicyclic amines) is 1. The molecule has 1 heterocycles. The first-order valence-electron chi connectivity index (χ1n) is 5.45. The SMILES string of the molecule is COC(=O)CCN1CC(C)C(C(=O)OC)C1. The van der Waals surface area contributed by atoms with E-state index in [0.29, 0.717) is 19.5 Å². The number of esters is 2. The summed E-state index contributed by atoms with van der Waals surface area (Å²) in [5.74, 6) is -0.157. The summed E-state index contributed by atoms with van der Waals surface area (Å²) < 4.78 is 9.32. The molecule has 0 radical (unpaired) electrons. The van der Waals surface area contributed by atoms with Crippen molar-refractivity contribution in [3.05, 3.63) is 0 Å². The number of ether oxygens (including phenoxy) is 2. The van der Waals surface area contributed by atoms with Crippen LogP contribution in [0.2, 0.25) is 0 Å². The van der Waals surface area contributed by atoms with Crippen LogP contribution < -0.4 is 0 Å². The molecule has 0 aliphatic carbocycles. The molecule has 5 heteroatoms. The first-order chi connectivity index (χ1) is 7.58. The van der Waals surface area contributed by atoms with Crippen molar-refractivity contribution in [1.29, 1.82) is 0 Å². The summed E-state index contributed by atoms with van der Waals surface area (Å²) in [6, 6.07) is 0. The van der Waals surface area contributed by atoms with E-state index in [4.69, 9.17) is 4.74 Å². The minimum Gasteiger partial charge on any atom is -0.469 e. The number of carbonyl (C=O) groups excluding carboxylic acids is 2. The first kappa shape index (κ1) is 13.0. The zero-order chi connectivity index (χ0) is 12.1. The van der Waals surface area contributed by atoms with Crippen LogP contribution in [0.25, 0.3) is 0 Å². The summed E-state index contributed by atoms with van der Waals surface area (Å²) in [6.45, 7) is 4.17. The van der Waals surface area contributed by atoms with E-state index in [1.54, 1.807) is 0 Å². The summed E-state index contributed by atoms with van der Waals surface area (Å²) in [7, 11) is 2.79. The highest BCUT2D eigenvalue weighted by atomic mass is 16.5. The summed E-state index contributed by atoms with van der Waals surface area (Å²) in [4.78, 5) is 24.5. The molecule has 92 valence electrons. The van der Waals surface area contributed by atoms with Gasteiger partial charge in [-0.15, -0.1) is 0 Å². The fraction of sp³-hybridized carbons (Fsp3) is 0.818. The smallest absolute Gasteiger partial charge is 0.310 e. The fourth-order valence-electron chi connectivity index (χ4n) is 2.06. The van der Waals surface area contributed by atoms with E-state index in [2.05, 4.69) is 9.64 Å². The van der Waals surface area contributed by atoms with Crippen molar-refractivity contribution in [3.8, 4) is 0 Å². The maximum Gasteiger partial charge on any atom is 0.310 e. The van der Waals surface area contributed by atoms with Gasteiger partial charge < -0.3 is 14.4 Å². The predicted octanol–water partition coefficient (Wildman–Crippen LogP) is 0.290. The highest BCUT2D eigenvalue weighted by Gasteiger charge is 2.35. The van der Waals surface area contributed by atoms with Crippen LogP contribution in [0.5, 0.6) is 0 Å². The Hall–Kier alpha value is -1.10. The molecule has 1 aliphatic rings. The molecule has 16 heavy (non-hydrogen) atoms. The van der Waals surface area contributed by atoms with E-state index in [0.717, 1.165) is 6.54 Å². The standard InChI is InChI=1S/C11H19NO4/c1-8-6-12(5-4-10(13)15-2)7-9(8)11(14)16-3/h8-9H,4-7H2,1-3H3. The quantitative estimate of drug-likeness (QED) is 0.649. The molecule has 0 spiro atoms. The Morgan fingerprint density at radius 1 is 1.25 bits per heavy atom. The average molecular weight is 229 g/mol. The molecule has 2 unspecified atom stereocenters. The number of hydrogen-bond acceptors (Lipinski definition) is 5. The molecule has 2 atom stereocenters. The van der Waals surface area contributed by atoms with Crippen LogP contribution >= 0.6 is 0 Å². The lowest BCUT2D eigenvalue weighted by Gasteiger charge is -2.14. The Kier molecular flexibility index (Phi) is 4.73. The van der Waals surface area contributed by atoms with Crippen molar-refractivity contribution in [3.63, 3.8) is 0 Å². The zero-order valence-corrected chi connectivity index (χ0v) is 10.1. The van der Waals surface area contributed by atoms with Gasteiger partial charge >= 0.3 is 11.9 Å². The lowest BCUT2D eigenvalue weighted by Crippen LogP contribution is -2.26. The summed E-state index contributed by atoms with van der Waals surface area (Å²) >= 11 is 0. The first-order valence-corrected chi connectivity index (χ1v) is 5.45. The third-order valence-electron chi connectivity index (χ3n) is 3.05. The second-order valence-corrected chi connectivity index (χ2v) is 4.19. The molecule has 1 rings (SSSR count). The molecule has 0 aromatic rings. The topological polar surface area (TPSA) is 55.8 Å². The number of hydrogen-bond donors (Lipinski definition) is 0. The Balaban J connectivity index is 2.38. The largest absolute Gasteiger partial charge is 0.469 e. The molecule has 5 nitrogen and oxygen atoms in total. The normalized spacial score (nSPS) is 25.4. The van der Waals surface area contributed by atoms with Gasteiger partial charge in [0.1, 0.15) is 0 Å². The molecule has 0 saturated carbocycles. The van der Waals surface area contributed by atoms with Crippen molar-refractivity contribution in [1.82, 2.24) is 4.90 Å². The Labute approximate surface area is 95.7 Å². The number of carbonyl (C=O) groups is 2. The average Bonchev–Trinajstić information content (AvgIpc) is 2.66. The van der Waals surface area contributed by atoms with Crippen LogP contribution in [0, 0.1) is 11.8 Å². The third-order valence-corrected chi connectivity index (χ3v) is 3.05. The van der Waals surface area contributed by atoms with Gasteiger partial charge in [0.25, 0.3) is 0 Å². The number of nitrogens with zero attached hydrogens (tertiary/aromatic N) is 1. The van der Waals surface area contributed by atoms with Gasteiger partial charge in [-0.05, 0) is 5.92 Å². The number of rotatable bonds is 4. The summed E-state index contributed by atoms with van der Waals surface area (Å²) in [5.41, 5.74) is 0. The van der Waals surface area contributed by atoms with Crippen LogP contribution in [0.1, 0.15) is 13.3 Å². The van der Waals surface area contributed by atoms with Crippen LogP contribution in [-0.4, -0.2) is 50.7 Å². The Bertz CT molecular complexity index is 267. The summed E-state index contributed by atoms with van der Waals surface area (Å²) in [6.07, 6.45) is 0.372. The van der Waals surface area contributed by atoms with Crippen molar-refractivity contribution < 1.29 is 19.1 Å². The van der Waals surface area contributed by atoms with E-state index in [9.17, 15) is 9.59 Å². The van der Waals surface area contributed by atoms with Crippen LogP contribution in [-0.2, 0) is 19.1 Å². The van der Waals surface area contributed by atoms with Gasteiger partial charge in [0.2, 0.25) is 0 Å². The fourth-order valence-corrected chi connectivity index (χ4v) is 2.06. The second-order valence-electron chi connectivity index (χ2n) is 4.19. The van der Waals surface area contributed by atoms with Gasteiger partial charge in [0.05, 0.1) is 26.6 Å². The Morgan fingerprint density at radius 2 is 1.94 bits per heavy atom. The lowest BCUT2D eigenvalue weighted by molar-refractivity contribution is -0.146. The minimum absolute atomic E-state index is 0.0670. The molecule has 1 aliphatic heterocycles. The monoisotopic (exact) mass is 229 g/mol. The summed E-state index contributed by atoms with van der Waals surface area (Å²) in [5, 5.41) is 0. The molecule has 0 amide bonds. The van der Waals surface area contributed by atoms with E-state index in [-0.39, 0.29) is 23.8 Å². The zero-order valence-electron chi connectivity index (χ0n) is 10.1. The van der Waals surface area contributed by atoms with Crippen molar-refractivity contribution in [2.75, 3.05) is 33.9 Å². The molecular weight excluding hydrogens is 210 g/mol. The lowest BCUT2D eigenvalue weighted by atomic mass is 9.99. The van der Waals surface area contributed by atoms with Crippen LogP contribution in [0.3, 0.4) is 0 Å². The van der Waals surface area contributed by atoms with Gasteiger partial charge in [-0.25, -0.2) is 0 Å². The van der Waals surface area contributed by atoms with Gasteiger partial charge in [-0.1, -0.05) is 6.92 Å². The number of methoxy groups -OCH3 is 2. The molecule has 0 N–H and O–H groups in total. The van der Waals surface area contributed by atoms with Crippen LogP contribution in [0.4, 0.5) is 0 Å².